The Kier molecular flexibility index (Phi) is 7.43. The van der Waals surface area contributed by atoms with Crippen LogP contribution in [0.4, 0.5) is 0 Å². The molecule has 0 atom stereocenters. The first kappa shape index (κ1) is 23.6. The third kappa shape index (κ3) is 5.06. The monoisotopic (exact) mass is 446 g/mol. The molecule has 0 spiro atoms. The summed E-state index contributed by atoms with van der Waals surface area (Å²) in [5.74, 6) is -0.707. The number of ketones is 1. The van der Waals surface area contributed by atoms with Gasteiger partial charge in [0.1, 0.15) is 6.61 Å². The van der Waals surface area contributed by atoms with E-state index in [1.54, 1.807) is 12.1 Å². The van der Waals surface area contributed by atoms with E-state index in [4.69, 9.17) is 9.16 Å². The molecule has 0 unspecified atom stereocenters. The molecule has 0 aliphatic rings. The molecule has 3 aromatic rings. The molecule has 4 nitrogen and oxygen atoms in total. The van der Waals surface area contributed by atoms with Crippen LogP contribution in [0.5, 0.6) is 0 Å². The average Bonchev–Trinajstić information content (AvgIpc) is 2.78. The molecule has 3 rings (SSSR count). The van der Waals surface area contributed by atoms with Crippen LogP contribution in [0.15, 0.2) is 84.9 Å². The van der Waals surface area contributed by atoms with Gasteiger partial charge >= 0.3 is 5.97 Å². The number of benzene rings is 3. The topological polar surface area (TPSA) is 52.6 Å². The van der Waals surface area contributed by atoms with E-state index in [0.29, 0.717) is 5.56 Å². The molecule has 0 amide bonds. The molecule has 0 saturated carbocycles. The lowest BCUT2D eigenvalue weighted by Gasteiger charge is -2.43. The Morgan fingerprint density at radius 2 is 1.28 bits per heavy atom. The highest BCUT2D eigenvalue weighted by atomic mass is 28.4. The van der Waals surface area contributed by atoms with Gasteiger partial charge in [0, 0.05) is 0 Å². The zero-order chi connectivity index (χ0) is 23.2. The number of rotatable bonds is 8. The largest absolute Gasteiger partial charge is 0.454 e. The Labute approximate surface area is 191 Å². The maximum Gasteiger partial charge on any atom is 0.338 e. The summed E-state index contributed by atoms with van der Waals surface area (Å²) in [6, 6.07) is 28.0. The molecule has 166 valence electrons. The second-order valence-corrected chi connectivity index (χ2v) is 13.2. The zero-order valence-corrected chi connectivity index (χ0v) is 20.1. The van der Waals surface area contributed by atoms with Crippen molar-refractivity contribution in [2.24, 2.45) is 0 Å². The maximum absolute atomic E-state index is 12.6. The summed E-state index contributed by atoms with van der Waals surface area (Å²) in [7, 11) is -2.73. The van der Waals surface area contributed by atoms with Crippen molar-refractivity contribution >= 4 is 30.4 Å². The number of hydrogen-bond acceptors (Lipinski definition) is 4. The van der Waals surface area contributed by atoms with Crippen LogP contribution in [0.1, 0.15) is 43.6 Å². The summed E-state index contributed by atoms with van der Waals surface area (Å²) in [6.07, 6.45) is 0. The number of carbonyl (C=O) groups is 2. The molecule has 0 aromatic heterocycles. The first-order valence-corrected chi connectivity index (χ1v) is 12.7. The van der Waals surface area contributed by atoms with Gasteiger partial charge in [-0.3, -0.25) is 4.79 Å². The van der Waals surface area contributed by atoms with E-state index in [1.165, 1.54) is 17.3 Å². The predicted molar refractivity (Wildman–Crippen MR) is 130 cm³/mol. The van der Waals surface area contributed by atoms with Gasteiger partial charge in [0.2, 0.25) is 0 Å². The van der Waals surface area contributed by atoms with Gasteiger partial charge in [-0.05, 0) is 34.0 Å². The summed E-state index contributed by atoms with van der Waals surface area (Å²) < 4.78 is 12.1. The fourth-order valence-corrected chi connectivity index (χ4v) is 8.57. The average molecular weight is 447 g/mol. The molecular weight excluding hydrogens is 416 g/mol. The Bertz CT molecular complexity index is 1020. The van der Waals surface area contributed by atoms with Crippen LogP contribution in [-0.4, -0.2) is 26.7 Å². The van der Waals surface area contributed by atoms with Crippen LogP contribution < -0.4 is 10.4 Å². The van der Waals surface area contributed by atoms with Crippen molar-refractivity contribution in [1.29, 1.82) is 0 Å². The van der Waals surface area contributed by atoms with Crippen molar-refractivity contribution in [3.8, 4) is 0 Å². The van der Waals surface area contributed by atoms with E-state index >= 15 is 0 Å². The molecule has 32 heavy (non-hydrogen) atoms. The SMILES string of the molecule is CC(=O)COC(=O)c1ccccc1CO[Si](c1ccccc1)(c1ccccc1)C(C)(C)C. The normalized spacial score (nSPS) is 11.8. The summed E-state index contributed by atoms with van der Waals surface area (Å²) in [5, 5.41) is 2.19. The highest BCUT2D eigenvalue weighted by molar-refractivity contribution is 6.99. The Balaban J connectivity index is 2.03. The standard InChI is InChI=1S/C27H30O4Si/c1-21(28)19-30-26(29)25-18-12-11-13-22(25)20-31-32(27(2,3)4,23-14-7-5-8-15-23)24-16-9-6-10-17-24/h5-18H,19-20H2,1-4H3. The number of esters is 1. The van der Waals surface area contributed by atoms with E-state index in [-0.39, 0.29) is 24.0 Å². The Hall–Kier alpha value is -3.02. The van der Waals surface area contributed by atoms with Crippen molar-refractivity contribution < 1.29 is 18.8 Å². The van der Waals surface area contributed by atoms with Crippen molar-refractivity contribution in [2.75, 3.05) is 6.61 Å². The summed E-state index contributed by atoms with van der Waals surface area (Å²) >= 11 is 0. The molecule has 0 aliphatic carbocycles. The summed E-state index contributed by atoms with van der Waals surface area (Å²) in [6.45, 7) is 8.07. The van der Waals surface area contributed by atoms with E-state index in [0.717, 1.165) is 5.56 Å². The number of hydrogen-bond donors (Lipinski definition) is 0. The third-order valence-electron chi connectivity index (χ3n) is 5.50. The van der Waals surface area contributed by atoms with Gasteiger partial charge in [0.15, 0.2) is 5.78 Å². The molecular formula is C27H30O4Si. The second-order valence-electron chi connectivity index (χ2n) is 8.89. The van der Waals surface area contributed by atoms with Crippen LogP contribution in [0.25, 0.3) is 0 Å². The van der Waals surface area contributed by atoms with Gasteiger partial charge in [-0.1, -0.05) is 99.6 Å². The molecule has 3 aromatic carbocycles. The molecule has 0 radical (unpaired) electrons. The van der Waals surface area contributed by atoms with Gasteiger partial charge in [0.25, 0.3) is 8.32 Å². The van der Waals surface area contributed by atoms with Crippen LogP contribution in [0.2, 0.25) is 5.04 Å². The Morgan fingerprint density at radius 3 is 1.78 bits per heavy atom. The van der Waals surface area contributed by atoms with E-state index in [1.807, 2.05) is 48.5 Å². The summed E-state index contributed by atoms with van der Waals surface area (Å²) in [5.41, 5.74) is 1.17. The number of Topliss-reactive ketones (excluding diaryl/α,β-unsaturated/α-hetero) is 1. The van der Waals surface area contributed by atoms with Gasteiger partial charge in [-0.2, -0.15) is 0 Å². The van der Waals surface area contributed by atoms with E-state index in [2.05, 4.69) is 45.0 Å². The smallest absolute Gasteiger partial charge is 0.338 e. The van der Waals surface area contributed by atoms with E-state index in [9.17, 15) is 9.59 Å². The minimum Gasteiger partial charge on any atom is -0.454 e. The first-order chi connectivity index (χ1) is 15.3. The lowest BCUT2D eigenvalue weighted by molar-refractivity contribution is -0.120. The van der Waals surface area contributed by atoms with Crippen LogP contribution in [-0.2, 0) is 20.6 Å². The van der Waals surface area contributed by atoms with Crippen molar-refractivity contribution in [3.05, 3.63) is 96.1 Å². The molecule has 0 fully saturated rings. The van der Waals surface area contributed by atoms with Gasteiger partial charge in [0.05, 0.1) is 12.2 Å². The quantitative estimate of drug-likeness (QED) is 0.377. The predicted octanol–water partition coefficient (Wildman–Crippen LogP) is 4.51. The van der Waals surface area contributed by atoms with Gasteiger partial charge < -0.3 is 9.16 Å². The third-order valence-corrected chi connectivity index (χ3v) is 10.5. The first-order valence-electron chi connectivity index (χ1n) is 10.7. The number of carbonyl (C=O) groups excluding carboxylic acids is 2. The summed E-state index contributed by atoms with van der Waals surface area (Å²) in [4.78, 5) is 23.9. The molecule has 5 heteroatoms. The van der Waals surface area contributed by atoms with Gasteiger partial charge in [-0.25, -0.2) is 4.79 Å². The fourth-order valence-electron chi connectivity index (χ4n) is 4.04. The molecule has 0 saturated heterocycles. The minimum atomic E-state index is -2.73. The Morgan fingerprint density at radius 1 is 0.781 bits per heavy atom. The van der Waals surface area contributed by atoms with E-state index < -0.39 is 14.3 Å². The molecule has 0 heterocycles. The second kappa shape index (κ2) is 10.1. The molecule has 0 bridgehead atoms. The lowest BCUT2D eigenvalue weighted by Crippen LogP contribution is -2.66. The van der Waals surface area contributed by atoms with Crippen molar-refractivity contribution in [3.63, 3.8) is 0 Å². The van der Waals surface area contributed by atoms with Crippen LogP contribution in [0.3, 0.4) is 0 Å². The molecule has 0 aliphatic heterocycles. The molecule has 0 N–H and O–H groups in total. The van der Waals surface area contributed by atoms with Gasteiger partial charge in [-0.15, -0.1) is 0 Å². The zero-order valence-electron chi connectivity index (χ0n) is 19.1. The van der Waals surface area contributed by atoms with Crippen LogP contribution in [0, 0.1) is 0 Å². The highest BCUT2D eigenvalue weighted by Gasteiger charge is 2.50. The maximum atomic E-state index is 12.6. The van der Waals surface area contributed by atoms with Crippen LogP contribution >= 0.6 is 0 Å². The number of ether oxygens (including phenoxy) is 1. The lowest BCUT2D eigenvalue weighted by atomic mass is 10.1. The minimum absolute atomic E-state index is 0.167. The fraction of sp³-hybridized carbons (Fsp3) is 0.259. The highest BCUT2D eigenvalue weighted by Crippen LogP contribution is 2.37. The van der Waals surface area contributed by atoms with Crippen molar-refractivity contribution in [1.82, 2.24) is 0 Å². The van der Waals surface area contributed by atoms with Crippen molar-refractivity contribution in [2.45, 2.75) is 39.3 Å².